The summed E-state index contributed by atoms with van der Waals surface area (Å²) in [5.74, 6) is -0.680. The van der Waals surface area contributed by atoms with E-state index in [0.717, 1.165) is 5.56 Å². The molecule has 0 bridgehead atoms. The molecule has 0 radical (unpaired) electrons. The van der Waals surface area contributed by atoms with Crippen molar-refractivity contribution in [2.75, 3.05) is 14.2 Å². The molecule has 0 aliphatic carbocycles. The molecule has 2 N–H and O–H groups in total. The second-order valence-corrected chi connectivity index (χ2v) is 4.25. The van der Waals surface area contributed by atoms with E-state index in [1.165, 1.54) is 20.0 Å². The van der Waals surface area contributed by atoms with Crippen LogP contribution in [0, 0.1) is 0 Å². The van der Waals surface area contributed by atoms with Crippen LogP contribution in [0.5, 0.6) is 5.75 Å². The molecule has 7 nitrogen and oxygen atoms in total. The number of hydrogen-bond acceptors (Lipinski definition) is 5. The summed E-state index contributed by atoms with van der Waals surface area (Å²) in [4.78, 5) is 34.1. The Balaban J connectivity index is 2.52. The van der Waals surface area contributed by atoms with Crippen molar-refractivity contribution in [3.8, 4) is 5.75 Å². The molecule has 0 fully saturated rings. The van der Waals surface area contributed by atoms with Gasteiger partial charge in [-0.05, 0) is 30.7 Å². The fourth-order valence-electron chi connectivity index (χ4n) is 1.42. The van der Waals surface area contributed by atoms with Crippen LogP contribution in [0.3, 0.4) is 0 Å². The van der Waals surface area contributed by atoms with Crippen LogP contribution in [0.4, 0.5) is 4.79 Å². The molecule has 0 saturated carbocycles. The Bertz CT molecular complexity index is 566. The second kappa shape index (κ2) is 8.46. The molecule has 0 saturated heterocycles. The first-order valence-corrected chi connectivity index (χ1v) is 6.51. The van der Waals surface area contributed by atoms with E-state index in [0.29, 0.717) is 5.75 Å². The number of hydrogen-bond donors (Lipinski definition) is 2. The highest BCUT2D eigenvalue weighted by molar-refractivity contribution is 5.97. The van der Waals surface area contributed by atoms with Crippen molar-refractivity contribution >= 4 is 24.0 Å². The number of methoxy groups -OCH3 is 1. The lowest BCUT2D eigenvalue weighted by atomic mass is 10.2. The van der Waals surface area contributed by atoms with E-state index >= 15 is 0 Å². The van der Waals surface area contributed by atoms with E-state index in [9.17, 15) is 14.4 Å². The maximum Gasteiger partial charge on any atom is 0.331 e. The van der Waals surface area contributed by atoms with Crippen LogP contribution in [0.2, 0.25) is 0 Å². The van der Waals surface area contributed by atoms with Crippen molar-refractivity contribution in [2.45, 2.75) is 13.0 Å². The monoisotopic (exact) mass is 306 g/mol. The average molecular weight is 306 g/mol. The van der Waals surface area contributed by atoms with Gasteiger partial charge in [-0.25, -0.2) is 9.59 Å². The molecule has 0 spiro atoms. The smallest absolute Gasteiger partial charge is 0.331 e. The molecule has 118 valence electrons. The van der Waals surface area contributed by atoms with Crippen molar-refractivity contribution < 1.29 is 23.9 Å². The van der Waals surface area contributed by atoms with Gasteiger partial charge < -0.3 is 14.8 Å². The molecule has 0 unspecified atom stereocenters. The molecule has 0 heterocycles. The predicted molar refractivity (Wildman–Crippen MR) is 80.2 cm³/mol. The van der Waals surface area contributed by atoms with E-state index in [-0.39, 0.29) is 0 Å². The minimum Gasteiger partial charge on any atom is -0.497 e. The van der Waals surface area contributed by atoms with Crippen molar-refractivity contribution in [1.29, 1.82) is 0 Å². The van der Waals surface area contributed by atoms with E-state index in [2.05, 4.69) is 5.32 Å². The molecule has 3 amide bonds. The van der Waals surface area contributed by atoms with E-state index in [4.69, 9.17) is 9.47 Å². The lowest BCUT2D eigenvalue weighted by molar-refractivity contribution is -0.149. The first-order valence-electron chi connectivity index (χ1n) is 6.51. The number of rotatable bonds is 5. The molecule has 0 aromatic heterocycles. The van der Waals surface area contributed by atoms with Gasteiger partial charge in [-0.1, -0.05) is 12.1 Å². The topological polar surface area (TPSA) is 93.7 Å². The summed E-state index contributed by atoms with van der Waals surface area (Å²) in [7, 11) is 2.93. The van der Waals surface area contributed by atoms with Gasteiger partial charge in [0.25, 0.3) is 5.91 Å². The van der Waals surface area contributed by atoms with Gasteiger partial charge in [0.05, 0.1) is 7.11 Å². The lowest BCUT2D eigenvalue weighted by Gasteiger charge is -2.11. The maximum absolute atomic E-state index is 11.6. The SMILES string of the molecule is CNC(=O)NC(=O)[C@@H](C)OC(=O)/C=C/c1ccc(OC)cc1. The summed E-state index contributed by atoms with van der Waals surface area (Å²) in [6, 6.07) is 6.38. The number of imide groups is 1. The van der Waals surface area contributed by atoms with Crippen LogP contribution < -0.4 is 15.4 Å². The zero-order valence-electron chi connectivity index (χ0n) is 12.6. The molecule has 1 rings (SSSR count). The third-order valence-electron chi connectivity index (χ3n) is 2.65. The number of nitrogens with one attached hydrogen (secondary N) is 2. The summed E-state index contributed by atoms with van der Waals surface area (Å²) in [6.07, 6.45) is 1.67. The zero-order valence-corrected chi connectivity index (χ0v) is 12.6. The molecular formula is C15H18N2O5. The van der Waals surface area contributed by atoms with Crippen LogP contribution in [0.25, 0.3) is 6.08 Å². The largest absolute Gasteiger partial charge is 0.497 e. The number of carbonyl (C=O) groups excluding carboxylic acids is 3. The van der Waals surface area contributed by atoms with E-state index in [1.807, 2.05) is 5.32 Å². The molecule has 0 aliphatic rings. The molecule has 22 heavy (non-hydrogen) atoms. The summed E-state index contributed by atoms with van der Waals surface area (Å²) >= 11 is 0. The Labute approximate surface area is 128 Å². The fraction of sp³-hybridized carbons (Fsp3) is 0.267. The third kappa shape index (κ3) is 5.66. The minimum atomic E-state index is -1.08. The first-order chi connectivity index (χ1) is 10.5. The molecular weight excluding hydrogens is 288 g/mol. The van der Waals surface area contributed by atoms with Gasteiger partial charge in [0.1, 0.15) is 5.75 Å². The Morgan fingerprint density at radius 3 is 2.36 bits per heavy atom. The number of carbonyl (C=O) groups is 3. The lowest BCUT2D eigenvalue weighted by Crippen LogP contribution is -2.43. The first kappa shape index (κ1) is 17.2. The van der Waals surface area contributed by atoms with Crippen LogP contribution >= 0.6 is 0 Å². The Morgan fingerprint density at radius 1 is 1.18 bits per heavy atom. The Kier molecular flexibility index (Phi) is 6.62. The normalized spacial score (nSPS) is 11.6. The quantitative estimate of drug-likeness (QED) is 0.627. The summed E-state index contributed by atoms with van der Waals surface area (Å²) in [6.45, 7) is 1.37. The summed E-state index contributed by atoms with van der Waals surface area (Å²) < 4.78 is 9.90. The van der Waals surface area contributed by atoms with Crippen LogP contribution in [0.1, 0.15) is 12.5 Å². The molecule has 7 heteroatoms. The highest BCUT2D eigenvalue weighted by Gasteiger charge is 2.18. The number of urea groups is 1. The zero-order chi connectivity index (χ0) is 16.5. The van der Waals surface area contributed by atoms with Crippen molar-refractivity contribution in [3.05, 3.63) is 35.9 Å². The Hall–Kier alpha value is -2.83. The fourth-order valence-corrected chi connectivity index (χ4v) is 1.42. The van der Waals surface area contributed by atoms with E-state index in [1.54, 1.807) is 37.5 Å². The summed E-state index contributed by atoms with van der Waals surface area (Å²) in [5.41, 5.74) is 0.778. The number of ether oxygens (including phenoxy) is 2. The van der Waals surface area contributed by atoms with Crippen LogP contribution in [0.15, 0.2) is 30.3 Å². The van der Waals surface area contributed by atoms with Crippen molar-refractivity contribution in [3.63, 3.8) is 0 Å². The molecule has 1 aromatic rings. The highest BCUT2D eigenvalue weighted by atomic mass is 16.5. The van der Waals surface area contributed by atoms with Gasteiger partial charge in [0.2, 0.25) is 0 Å². The number of esters is 1. The van der Waals surface area contributed by atoms with Gasteiger partial charge in [-0.15, -0.1) is 0 Å². The van der Waals surface area contributed by atoms with Gasteiger partial charge in [0, 0.05) is 13.1 Å². The standard InChI is InChI=1S/C15H18N2O5/c1-10(14(19)17-15(20)16-2)22-13(18)9-6-11-4-7-12(21-3)8-5-11/h4-10H,1-3H3,(H2,16,17,19,20)/b9-6+/t10-/m1/s1. The number of amides is 3. The van der Waals surface area contributed by atoms with Gasteiger partial charge in [-0.3, -0.25) is 10.1 Å². The van der Waals surface area contributed by atoms with Crippen LogP contribution in [-0.4, -0.2) is 38.2 Å². The average Bonchev–Trinajstić information content (AvgIpc) is 2.53. The Morgan fingerprint density at radius 2 is 1.82 bits per heavy atom. The predicted octanol–water partition coefficient (Wildman–Crippen LogP) is 1.10. The van der Waals surface area contributed by atoms with Crippen LogP contribution in [-0.2, 0) is 14.3 Å². The molecule has 1 atom stereocenters. The van der Waals surface area contributed by atoms with Crippen molar-refractivity contribution in [2.24, 2.45) is 0 Å². The highest BCUT2D eigenvalue weighted by Crippen LogP contribution is 2.12. The molecule has 1 aromatic carbocycles. The number of benzene rings is 1. The van der Waals surface area contributed by atoms with Gasteiger partial charge >= 0.3 is 12.0 Å². The van der Waals surface area contributed by atoms with Gasteiger partial charge in [0.15, 0.2) is 6.10 Å². The third-order valence-corrected chi connectivity index (χ3v) is 2.65. The van der Waals surface area contributed by atoms with Gasteiger partial charge in [-0.2, -0.15) is 0 Å². The second-order valence-electron chi connectivity index (χ2n) is 4.25. The maximum atomic E-state index is 11.6. The molecule has 0 aliphatic heterocycles. The minimum absolute atomic E-state index is 0.665. The van der Waals surface area contributed by atoms with Crippen molar-refractivity contribution in [1.82, 2.24) is 10.6 Å². The van der Waals surface area contributed by atoms with E-state index < -0.39 is 24.0 Å². The summed E-state index contributed by atoms with van der Waals surface area (Å²) in [5, 5.41) is 4.24.